The Balaban J connectivity index is 3.29. The summed E-state index contributed by atoms with van der Waals surface area (Å²) in [5.74, 6) is 0. The highest BCUT2D eigenvalue weighted by Crippen LogP contribution is 2.44. The Bertz CT molecular complexity index is 286. The van der Waals surface area contributed by atoms with Crippen LogP contribution in [0.15, 0.2) is 12.7 Å². The van der Waals surface area contributed by atoms with E-state index in [1.165, 1.54) is 70.3 Å². The van der Waals surface area contributed by atoms with Crippen molar-refractivity contribution in [1.82, 2.24) is 0 Å². The number of hydrogen-bond acceptors (Lipinski definition) is 1. The van der Waals surface area contributed by atoms with Gasteiger partial charge < -0.3 is 9.79 Å². The minimum absolute atomic E-state index is 0.561. The van der Waals surface area contributed by atoms with E-state index in [1.807, 2.05) is 0 Å². The van der Waals surface area contributed by atoms with Gasteiger partial charge in [-0.2, -0.15) is 0 Å². The lowest BCUT2D eigenvalue weighted by molar-refractivity contribution is 0.361. The van der Waals surface area contributed by atoms with Crippen LogP contribution in [0.4, 0.5) is 0 Å². The van der Waals surface area contributed by atoms with Gasteiger partial charge in [0.15, 0.2) is 0 Å². The minimum Gasteiger partial charge on any atom is -0.324 e. The third-order valence-corrected chi connectivity index (χ3v) is 5.39. The van der Waals surface area contributed by atoms with E-state index in [0.717, 1.165) is 12.8 Å². The van der Waals surface area contributed by atoms with Gasteiger partial charge >= 0.3 is 7.60 Å². The number of hydrogen-bond donors (Lipinski definition) is 2. The molecule has 0 bridgehead atoms. The predicted octanol–water partition coefficient (Wildman–Crippen LogP) is 5.81. The maximum absolute atomic E-state index is 11.1. The van der Waals surface area contributed by atoms with E-state index < -0.39 is 13.3 Å². The summed E-state index contributed by atoms with van der Waals surface area (Å²) in [5.41, 5.74) is -0.652. The molecule has 0 aromatic heterocycles. The van der Waals surface area contributed by atoms with Gasteiger partial charge in [-0.3, -0.25) is 4.57 Å². The highest BCUT2D eigenvalue weighted by molar-refractivity contribution is 7.52. The molecule has 1 unspecified atom stereocenters. The lowest BCUT2D eigenvalue weighted by Crippen LogP contribution is -2.04. The average Bonchev–Trinajstić information content (AvgIpc) is 2.42. The zero-order valence-corrected chi connectivity index (χ0v) is 14.7. The summed E-state index contributed by atoms with van der Waals surface area (Å²) in [6, 6.07) is 0. The van der Waals surface area contributed by atoms with E-state index >= 15 is 0 Å². The molecule has 21 heavy (non-hydrogen) atoms. The fraction of sp³-hybridized carbons (Fsp3) is 0.882. The molecule has 2 N–H and O–H groups in total. The number of unbranched alkanes of at least 4 members (excludes halogenated alkanes) is 11. The van der Waals surface area contributed by atoms with Crippen molar-refractivity contribution in [2.24, 2.45) is 0 Å². The van der Waals surface area contributed by atoms with Crippen molar-refractivity contribution < 1.29 is 14.4 Å². The molecule has 0 saturated carbocycles. The predicted molar refractivity (Wildman–Crippen MR) is 91.7 cm³/mol. The summed E-state index contributed by atoms with van der Waals surface area (Å²) in [6.07, 6.45) is 17.2. The molecule has 126 valence electrons. The standard InChI is InChI=1S/C17H35O3P/c1-3-5-6-7-8-9-10-11-12-13-14-15-16-17(4-2)21(18,19)20/h4,17H,2-3,5-16H2,1H3,(H2,18,19,20). The van der Waals surface area contributed by atoms with Crippen molar-refractivity contribution in [3.8, 4) is 0 Å². The highest BCUT2D eigenvalue weighted by atomic mass is 31.2. The second-order valence-electron chi connectivity index (χ2n) is 6.07. The topological polar surface area (TPSA) is 57.5 Å². The molecule has 1 atom stereocenters. The maximum atomic E-state index is 11.1. The monoisotopic (exact) mass is 318 g/mol. The van der Waals surface area contributed by atoms with Gasteiger partial charge in [-0.25, -0.2) is 0 Å². The molecule has 4 heteroatoms. The van der Waals surface area contributed by atoms with Gasteiger partial charge in [0.25, 0.3) is 0 Å². The van der Waals surface area contributed by atoms with Crippen LogP contribution < -0.4 is 0 Å². The van der Waals surface area contributed by atoms with Crippen LogP contribution in [-0.2, 0) is 4.57 Å². The Kier molecular flexibility index (Phi) is 13.5. The summed E-state index contributed by atoms with van der Waals surface area (Å²) in [6.45, 7) is 5.76. The zero-order valence-electron chi connectivity index (χ0n) is 13.8. The van der Waals surface area contributed by atoms with Crippen molar-refractivity contribution in [2.45, 2.75) is 96.1 Å². The molecule has 0 spiro atoms. The van der Waals surface area contributed by atoms with Crippen molar-refractivity contribution in [2.75, 3.05) is 0 Å². The smallest absolute Gasteiger partial charge is 0.324 e. The van der Waals surface area contributed by atoms with Crippen LogP contribution in [0.25, 0.3) is 0 Å². The maximum Gasteiger partial charge on any atom is 0.332 e. The molecule has 0 aliphatic rings. The molecule has 0 radical (unpaired) electrons. The second kappa shape index (κ2) is 13.5. The molecule has 0 heterocycles. The van der Waals surface area contributed by atoms with Gasteiger partial charge in [-0.05, 0) is 6.42 Å². The fourth-order valence-corrected chi connectivity index (χ4v) is 3.41. The Morgan fingerprint density at radius 1 is 0.857 bits per heavy atom. The Morgan fingerprint density at radius 2 is 1.24 bits per heavy atom. The lowest BCUT2D eigenvalue weighted by atomic mass is 10.0. The van der Waals surface area contributed by atoms with Crippen LogP contribution in [0.1, 0.15) is 90.4 Å². The van der Waals surface area contributed by atoms with Gasteiger partial charge in [0, 0.05) is 0 Å². The van der Waals surface area contributed by atoms with E-state index in [9.17, 15) is 4.57 Å². The first-order chi connectivity index (χ1) is 10.0. The Morgan fingerprint density at radius 3 is 1.57 bits per heavy atom. The molecule has 0 rings (SSSR count). The second-order valence-corrected chi connectivity index (χ2v) is 7.91. The summed E-state index contributed by atoms with van der Waals surface area (Å²) >= 11 is 0. The molecule has 0 fully saturated rings. The molecule has 0 aliphatic carbocycles. The van der Waals surface area contributed by atoms with Crippen molar-refractivity contribution in [1.29, 1.82) is 0 Å². The molecule has 0 aromatic carbocycles. The Labute approximate surface area is 131 Å². The summed E-state index contributed by atoms with van der Waals surface area (Å²) in [7, 11) is -3.98. The van der Waals surface area contributed by atoms with Gasteiger partial charge in [-0.15, -0.1) is 6.58 Å². The van der Waals surface area contributed by atoms with Crippen LogP contribution in [-0.4, -0.2) is 15.4 Å². The molecular weight excluding hydrogens is 283 g/mol. The van der Waals surface area contributed by atoms with E-state index in [1.54, 1.807) is 0 Å². The summed E-state index contributed by atoms with van der Waals surface area (Å²) < 4.78 is 11.1. The minimum atomic E-state index is -3.98. The summed E-state index contributed by atoms with van der Waals surface area (Å²) in [5, 5.41) is 0. The first-order valence-electron chi connectivity index (χ1n) is 8.70. The normalized spacial score (nSPS) is 13.3. The molecule has 0 aliphatic heterocycles. The fourth-order valence-electron chi connectivity index (χ4n) is 2.62. The third-order valence-electron chi connectivity index (χ3n) is 4.06. The quantitative estimate of drug-likeness (QED) is 0.227. The van der Waals surface area contributed by atoms with E-state index in [2.05, 4.69) is 13.5 Å². The Hall–Kier alpha value is -0.110. The first kappa shape index (κ1) is 20.9. The molecular formula is C17H35O3P. The van der Waals surface area contributed by atoms with Crippen LogP contribution in [0.2, 0.25) is 0 Å². The van der Waals surface area contributed by atoms with Crippen molar-refractivity contribution in [3.63, 3.8) is 0 Å². The summed E-state index contributed by atoms with van der Waals surface area (Å²) in [4.78, 5) is 18.2. The van der Waals surface area contributed by atoms with Crippen LogP contribution in [0, 0.1) is 0 Å². The average molecular weight is 318 g/mol. The zero-order chi connectivity index (χ0) is 16.0. The van der Waals surface area contributed by atoms with E-state index in [-0.39, 0.29) is 0 Å². The third kappa shape index (κ3) is 13.3. The largest absolute Gasteiger partial charge is 0.332 e. The van der Waals surface area contributed by atoms with E-state index in [0.29, 0.717) is 6.42 Å². The van der Waals surface area contributed by atoms with Crippen LogP contribution in [0.3, 0.4) is 0 Å². The van der Waals surface area contributed by atoms with Crippen LogP contribution in [0.5, 0.6) is 0 Å². The molecule has 3 nitrogen and oxygen atoms in total. The van der Waals surface area contributed by atoms with Crippen LogP contribution >= 0.6 is 7.60 Å². The number of allylic oxidation sites excluding steroid dienone is 1. The van der Waals surface area contributed by atoms with Crippen molar-refractivity contribution >= 4 is 7.60 Å². The van der Waals surface area contributed by atoms with Gasteiger partial charge in [0.1, 0.15) is 0 Å². The van der Waals surface area contributed by atoms with Gasteiger partial charge in [0.05, 0.1) is 5.66 Å². The van der Waals surface area contributed by atoms with E-state index in [4.69, 9.17) is 9.79 Å². The lowest BCUT2D eigenvalue weighted by Gasteiger charge is -2.13. The SMILES string of the molecule is C=CC(CCCCCCCCCCCCCC)P(=O)(O)O. The first-order valence-corrected chi connectivity index (χ1v) is 10.4. The van der Waals surface area contributed by atoms with Gasteiger partial charge in [-0.1, -0.05) is 90.0 Å². The number of rotatable bonds is 15. The van der Waals surface area contributed by atoms with Crippen molar-refractivity contribution in [3.05, 3.63) is 12.7 Å². The van der Waals surface area contributed by atoms with Gasteiger partial charge in [0.2, 0.25) is 0 Å². The molecule has 0 amide bonds. The molecule has 0 aromatic rings. The molecule has 0 saturated heterocycles. The highest BCUT2D eigenvalue weighted by Gasteiger charge is 2.24.